The molecule has 0 heterocycles. The third-order valence-corrected chi connectivity index (χ3v) is 6.97. The van der Waals surface area contributed by atoms with Gasteiger partial charge in [-0.15, -0.1) is 0 Å². The van der Waals surface area contributed by atoms with Crippen molar-refractivity contribution in [1.82, 2.24) is 5.32 Å². The van der Waals surface area contributed by atoms with E-state index in [4.69, 9.17) is 21.1 Å². The Labute approximate surface area is 209 Å². The highest BCUT2D eigenvalue weighted by Crippen LogP contribution is 2.29. The van der Waals surface area contributed by atoms with Gasteiger partial charge in [0.2, 0.25) is 5.91 Å². The summed E-state index contributed by atoms with van der Waals surface area (Å²) in [6, 6.07) is 16.4. The van der Waals surface area contributed by atoms with Gasteiger partial charge in [-0.05, 0) is 61.9 Å². The van der Waals surface area contributed by atoms with Crippen molar-refractivity contribution in [3.05, 3.63) is 83.1 Å². The summed E-state index contributed by atoms with van der Waals surface area (Å²) >= 11 is 5.89. The summed E-state index contributed by atoms with van der Waals surface area (Å²) < 4.78 is 52.3. The lowest BCUT2D eigenvalue weighted by Crippen LogP contribution is -2.40. The van der Waals surface area contributed by atoms with E-state index in [1.54, 1.807) is 36.4 Å². The number of hydrogen-bond donors (Lipinski definition) is 1. The molecule has 0 saturated heterocycles. The first-order chi connectivity index (χ1) is 16.6. The molecular weight excluding hydrogens is 495 g/mol. The summed E-state index contributed by atoms with van der Waals surface area (Å²) in [4.78, 5) is 12.8. The summed E-state index contributed by atoms with van der Waals surface area (Å²) in [6.45, 7) is 3.39. The van der Waals surface area contributed by atoms with Gasteiger partial charge in [-0.1, -0.05) is 35.9 Å². The van der Waals surface area contributed by atoms with Gasteiger partial charge in [0.1, 0.15) is 12.4 Å². The Balaban J connectivity index is 1.81. The van der Waals surface area contributed by atoms with Crippen LogP contribution in [-0.2, 0) is 21.4 Å². The molecule has 0 atom stereocenters. The van der Waals surface area contributed by atoms with E-state index < -0.39 is 28.3 Å². The molecule has 0 unspecified atom stereocenters. The number of carbonyl (C=O) groups excluding carboxylic acids is 1. The molecule has 186 valence electrons. The third-order valence-electron chi connectivity index (χ3n) is 4.89. The molecule has 3 rings (SSSR count). The van der Waals surface area contributed by atoms with E-state index in [1.165, 1.54) is 31.4 Å². The van der Waals surface area contributed by atoms with Crippen LogP contribution in [0.25, 0.3) is 0 Å². The normalized spacial score (nSPS) is 11.3. The Kier molecular flexibility index (Phi) is 8.58. The Morgan fingerprint density at radius 2 is 1.77 bits per heavy atom. The predicted molar refractivity (Wildman–Crippen MR) is 133 cm³/mol. The minimum Gasteiger partial charge on any atom is -0.493 e. The Hall–Kier alpha value is -3.30. The van der Waals surface area contributed by atoms with Crippen molar-refractivity contribution >= 4 is 33.2 Å². The molecular formula is C25H26ClFN2O5S. The number of carbonyl (C=O) groups is 1. The molecule has 0 saturated carbocycles. The van der Waals surface area contributed by atoms with Gasteiger partial charge in [0, 0.05) is 6.54 Å². The molecule has 0 aliphatic carbocycles. The largest absolute Gasteiger partial charge is 0.493 e. The number of methoxy groups -OCH3 is 1. The number of anilines is 1. The van der Waals surface area contributed by atoms with Crippen LogP contribution in [0, 0.1) is 5.82 Å². The SMILES string of the molecule is COc1cc(CNC(=O)CN(c2ccc(F)c(Cl)c2)S(=O)(=O)c2ccccc2)ccc1OC(C)C. The fourth-order valence-corrected chi connectivity index (χ4v) is 4.84. The highest BCUT2D eigenvalue weighted by molar-refractivity contribution is 7.92. The van der Waals surface area contributed by atoms with Crippen molar-refractivity contribution in [3.8, 4) is 11.5 Å². The molecule has 0 aliphatic heterocycles. The topological polar surface area (TPSA) is 84.9 Å². The van der Waals surface area contributed by atoms with E-state index in [0.29, 0.717) is 11.5 Å². The van der Waals surface area contributed by atoms with Gasteiger partial charge >= 0.3 is 0 Å². The molecule has 0 aliphatic rings. The van der Waals surface area contributed by atoms with Crippen LogP contribution >= 0.6 is 11.6 Å². The third kappa shape index (κ3) is 6.64. The highest BCUT2D eigenvalue weighted by Gasteiger charge is 2.27. The van der Waals surface area contributed by atoms with E-state index in [9.17, 15) is 17.6 Å². The molecule has 1 N–H and O–H groups in total. The van der Waals surface area contributed by atoms with Crippen molar-refractivity contribution in [3.63, 3.8) is 0 Å². The van der Waals surface area contributed by atoms with Crippen LogP contribution in [0.15, 0.2) is 71.6 Å². The number of amides is 1. The number of ether oxygens (including phenoxy) is 2. The monoisotopic (exact) mass is 520 g/mol. The number of nitrogens with one attached hydrogen (secondary N) is 1. The van der Waals surface area contributed by atoms with E-state index in [0.717, 1.165) is 15.9 Å². The highest BCUT2D eigenvalue weighted by atomic mass is 35.5. The van der Waals surface area contributed by atoms with Crippen molar-refractivity contribution < 1.29 is 27.1 Å². The van der Waals surface area contributed by atoms with E-state index in [2.05, 4.69) is 5.32 Å². The van der Waals surface area contributed by atoms with Crippen LogP contribution in [-0.4, -0.2) is 34.1 Å². The second-order valence-electron chi connectivity index (χ2n) is 7.85. The van der Waals surface area contributed by atoms with Gasteiger partial charge in [0.05, 0.1) is 28.8 Å². The van der Waals surface area contributed by atoms with Gasteiger partial charge < -0.3 is 14.8 Å². The first-order valence-corrected chi connectivity index (χ1v) is 12.6. The van der Waals surface area contributed by atoms with Crippen molar-refractivity contribution in [2.24, 2.45) is 0 Å². The summed E-state index contributed by atoms with van der Waals surface area (Å²) in [5.41, 5.74) is 0.792. The lowest BCUT2D eigenvalue weighted by molar-refractivity contribution is -0.119. The Bertz CT molecular complexity index is 1290. The average Bonchev–Trinajstić information content (AvgIpc) is 2.83. The molecule has 0 aromatic heterocycles. The maximum atomic E-state index is 13.7. The second-order valence-corrected chi connectivity index (χ2v) is 10.1. The summed E-state index contributed by atoms with van der Waals surface area (Å²) in [7, 11) is -2.62. The fraction of sp³-hybridized carbons (Fsp3) is 0.240. The fourth-order valence-electron chi connectivity index (χ4n) is 3.24. The minimum absolute atomic E-state index is 0.0151. The van der Waals surface area contributed by atoms with Crippen LogP contribution in [0.2, 0.25) is 5.02 Å². The molecule has 0 spiro atoms. The molecule has 35 heavy (non-hydrogen) atoms. The molecule has 3 aromatic carbocycles. The average molecular weight is 521 g/mol. The van der Waals surface area contributed by atoms with Gasteiger partial charge in [-0.2, -0.15) is 0 Å². The number of hydrogen-bond acceptors (Lipinski definition) is 5. The van der Waals surface area contributed by atoms with Gasteiger partial charge in [0.25, 0.3) is 10.0 Å². The zero-order valence-corrected chi connectivity index (χ0v) is 21.1. The Morgan fingerprint density at radius 1 is 1.06 bits per heavy atom. The molecule has 0 fully saturated rings. The molecule has 10 heteroatoms. The molecule has 0 radical (unpaired) electrons. The van der Waals surface area contributed by atoms with Gasteiger partial charge in [0.15, 0.2) is 11.5 Å². The lowest BCUT2D eigenvalue weighted by Gasteiger charge is -2.24. The number of halogens is 2. The predicted octanol–water partition coefficient (Wildman–Crippen LogP) is 4.79. The molecule has 3 aromatic rings. The van der Waals surface area contributed by atoms with Crippen molar-refractivity contribution in [2.75, 3.05) is 18.0 Å². The van der Waals surface area contributed by atoms with Crippen molar-refractivity contribution in [2.45, 2.75) is 31.4 Å². The molecule has 0 bridgehead atoms. The molecule has 1 amide bonds. The standard InChI is InChI=1S/C25H26ClFN2O5S/c1-17(2)34-23-12-9-18(13-24(23)33-3)15-28-25(30)16-29(19-10-11-22(27)21(26)14-19)35(31,32)20-7-5-4-6-8-20/h4-14,17H,15-16H2,1-3H3,(H,28,30). The minimum atomic E-state index is -4.13. The lowest BCUT2D eigenvalue weighted by atomic mass is 10.2. The summed E-state index contributed by atoms with van der Waals surface area (Å²) in [5, 5.41) is 2.45. The maximum absolute atomic E-state index is 13.7. The zero-order valence-electron chi connectivity index (χ0n) is 19.5. The Morgan fingerprint density at radius 3 is 2.40 bits per heavy atom. The number of rotatable bonds is 10. The zero-order chi connectivity index (χ0) is 25.6. The van der Waals surface area contributed by atoms with E-state index in [-0.39, 0.29) is 28.3 Å². The van der Waals surface area contributed by atoms with Crippen LogP contribution in [0.5, 0.6) is 11.5 Å². The van der Waals surface area contributed by atoms with Gasteiger partial charge in [-0.25, -0.2) is 12.8 Å². The number of benzene rings is 3. The quantitative estimate of drug-likeness (QED) is 0.415. The summed E-state index contributed by atoms with van der Waals surface area (Å²) in [6.07, 6.45) is -0.0352. The number of nitrogens with zero attached hydrogens (tertiary/aromatic N) is 1. The van der Waals surface area contributed by atoms with E-state index in [1.807, 2.05) is 13.8 Å². The first-order valence-electron chi connectivity index (χ1n) is 10.7. The molecule has 7 nitrogen and oxygen atoms in total. The van der Waals surface area contributed by atoms with Crippen LogP contribution in [0.4, 0.5) is 10.1 Å². The van der Waals surface area contributed by atoms with E-state index >= 15 is 0 Å². The smallest absolute Gasteiger partial charge is 0.264 e. The first kappa shape index (κ1) is 26.3. The van der Waals surface area contributed by atoms with Crippen LogP contribution < -0.4 is 19.1 Å². The van der Waals surface area contributed by atoms with Gasteiger partial charge in [-0.3, -0.25) is 9.10 Å². The van der Waals surface area contributed by atoms with Crippen LogP contribution in [0.1, 0.15) is 19.4 Å². The van der Waals surface area contributed by atoms with Crippen molar-refractivity contribution in [1.29, 1.82) is 0 Å². The second kappa shape index (κ2) is 11.4. The maximum Gasteiger partial charge on any atom is 0.264 e. The number of sulfonamides is 1. The van der Waals surface area contributed by atoms with Crippen LogP contribution in [0.3, 0.4) is 0 Å². The summed E-state index contributed by atoms with van der Waals surface area (Å²) in [5.74, 6) is -0.173.